The van der Waals surface area contributed by atoms with Gasteiger partial charge in [0.25, 0.3) is 0 Å². The van der Waals surface area contributed by atoms with E-state index in [1.807, 2.05) is 6.08 Å². The predicted molar refractivity (Wildman–Crippen MR) is 67.1 cm³/mol. The van der Waals surface area contributed by atoms with E-state index in [9.17, 15) is 0 Å². The zero-order valence-corrected chi connectivity index (χ0v) is 10.8. The molecule has 15 heavy (non-hydrogen) atoms. The average molecular weight is 213 g/mol. The van der Waals surface area contributed by atoms with Gasteiger partial charge in [0.05, 0.1) is 6.10 Å². The standard InChI is InChI=1S/C13H27NO/c1-6-8-9-12(14-10-7-2)13(15-5)11(3)4/h6,11-14H,1,7-10H2,2-5H3. The van der Waals surface area contributed by atoms with Crippen LogP contribution >= 0.6 is 0 Å². The van der Waals surface area contributed by atoms with Crippen LogP contribution in [-0.2, 0) is 4.74 Å². The summed E-state index contributed by atoms with van der Waals surface area (Å²) in [5.74, 6) is 0.550. The second-order valence-electron chi connectivity index (χ2n) is 4.37. The van der Waals surface area contributed by atoms with Gasteiger partial charge in [-0.1, -0.05) is 26.8 Å². The smallest absolute Gasteiger partial charge is 0.0747 e. The molecule has 2 atom stereocenters. The maximum absolute atomic E-state index is 5.57. The normalized spacial score (nSPS) is 15.3. The van der Waals surface area contributed by atoms with E-state index in [-0.39, 0.29) is 0 Å². The third kappa shape index (κ3) is 5.95. The van der Waals surface area contributed by atoms with Crippen molar-refractivity contribution in [2.45, 2.75) is 52.2 Å². The highest BCUT2D eigenvalue weighted by Crippen LogP contribution is 2.14. The molecule has 90 valence electrons. The van der Waals surface area contributed by atoms with Crippen LogP contribution in [0.25, 0.3) is 0 Å². The van der Waals surface area contributed by atoms with E-state index in [0.717, 1.165) is 19.4 Å². The maximum atomic E-state index is 5.57. The number of rotatable bonds is 9. The molecular formula is C13H27NO. The molecule has 2 nitrogen and oxygen atoms in total. The minimum atomic E-state index is 0.302. The molecule has 1 N–H and O–H groups in total. The number of hydrogen-bond acceptors (Lipinski definition) is 2. The van der Waals surface area contributed by atoms with Crippen molar-refractivity contribution in [3.05, 3.63) is 12.7 Å². The molecule has 2 unspecified atom stereocenters. The lowest BCUT2D eigenvalue weighted by Crippen LogP contribution is -2.44. The molecule has 0 aromatic heterocycles. The van der Waals surface area contributed by atoms with Crippen molar-refractivity contribution in [2.24, 2.45) is 5.92 Å². The van der Waals surface area contributed by atoms with Crippen LogP contribution < -0.4 is 5.32 Å². The van der Waals surface area contributed by atoms with E-state index in [4.69, 9.17) is 4.74 Å². The van der Waals surface area contributed by atoms with E-state index in [1.165, 1.54) is 6.42 Å². The summed E-state index contributed by atoms with van der Waals surface area (Å²) in [6, 6.07) is 0.452. The predicted octanol–water partition coefficient (Wildman–Crippen LogP) is 2.99. The van der Waals surface area contributed by atoms with Crippen molar-refractivity contribution in [1.82, 2.24) is 5.32 Å². The lowest BCUT2D eigenvalue weighted by Gasteiger charge is -2.29. The highest BCUT2D eigenvalue weighted by molar-refractivity contribution is 4.82. The minimum absolute atomic E-state index is 0.302. The molecule has 0 aliphatic carbocycles. The molecular weight excluding hydrogens is 186 g/mol. The van der Waals surface area contributed by atoms with E-state index in [0.29, 0.717) is 18.1 Å². The molecule has 0 saturated carbocycles. The highest BCUT2D eigenvalue weighted by atomic mass is 16.5. The lowest BCUT2D eigenvalue weighted by molar-refractivity contribution is 0.0310. The Morgan fingerprint density at radius 1 is 1.40 bits per heavy atom. The number of nitrogens with one attached hydrogen (secondary N) is 1. The molecule has 2 heteroatoms. The van der Waals surface area contributed by atoms with Crippen LogP contribution in [0.3, 0.4) is 0 Å². The van der Waals surface area contributed by atoms with Crippen molar-refractivity contribution in [2.75, 3.05) is 13.7 Å². The summed E-state index contributed by atoms with van der Waals surface area (Å²) >= 11 is 0. The summed E-state index contributed by atoms with van der Waals surface area (Å²) in [7, 11) is 1.80. The van der Waals surface area contributed by atoms with Gasteiger partial charge in [-0.25, -0.2) is 0 Å². The number of hydrogen-bond donors (Lipinski definition) is 1. The summed E-state index contributed by atoms with van der Waals surface area (Å²) in [6.45, 7) is 11.4. The molecule has 0 spiro atoms. The van der Waals surface area contributed by atoms with Crippen molar-refractivity contribution in [3.8, 4) is 0 Å². The Hall–Kier alpha value is -0.340. The first-order valence-electron chi connectivity index (χ1n) is 6.04. The number of methoxy groups -OCH3 is 1. The van der Waals surface area contributed by atoms with Gasteiger partial charge in [0, 0.05) is 13.2 Å². The van der Waals surface area contributed by atoms with Crippen molar-refractivity contribution < 1.29 is 4.74 Å². The Kier molecular flexibility index (Phi) is 8.73. The van der Waals surface area contributed by atoms with Crippen LogP contribution in [0.1, 0.15) is 40.0 Å². The maximum Gasteiger partial charge on any atom is 0.0747 e. The van der Waals surface area contributed by atoms with Crippen molar-refractivity contribution in [1.29, 1.82) is 0 Å². The van der Waals surface area contributed by atoms with Gasteiger partial charge in [0.15, 0.2) is 0 Å². The second kappa shape index (κ2) is 8.93. The number of allylic oxidation sites excluding steroid dienone is 1. The van der Waals surface area contributed by atoms with Crippen LogP contribution in [0.2, 0.25) is 0 Å². The summed E-state index contributed by atoms with van der Waals surface area (Å²) in [6.07, 6.45) is 5.61. The van der Waals surface area contributed by atoms with Gasteiger partial charge in [0.2, 0.25) is 0 Å². The molecule has 0 rings (SSSR count). The van der Waals surface area contributed by atoms with Crippen molar-refractivity contribution in [3.63, 3.8) is 0 Å². The Labute approximate surface area is 95.1 Å². The molecule has 0 aromatic carbocycles. The fraction of sp³-hybridized carbons (Fsp3) is 0.846. The Morgan fingerprint density at radius 3 is 2.47 bits per heavy atom. The average Bonchev–Trinajstić information content (AvgIpc) is 2.21. The van der Waals surface area contributed by atoms with Gasteiger partial charge < -0.3 is 10.1 Å². The van der Waals surface area contributed by atoms with Crippen LogP contribution in [0.5, 0.6) is 0 Å². The monoisotopic (exact) mass is 213 g/mol. The molecule has 0 aliphatic rings. The topological polar surface area (TPSA) is 21.3 Å². The first-order chi connectivity index (χ1) is 7.17. The third-order valence-corrected chi connectivity index (χ3v) is 2.66. The number of ether oxygens (including phenoxy) is 1. The zero-order valence-electron chi connectivity index (χ0n) is 10.8. The van der Waals surface area contributed by atoms with E-state index >= 15 is 0 Å². The van der Waals surface area contributed by atoms with Gasteiger partial charge in [-0.05, 0) is 31.7 Å². The first-order valence-corrected chi connectivity index (χ1v) is 6.04. The SMILES string of the molecule is C=CCCC(NCCC)C(OC)C(C)C. The van der Waals surface area contributed by atoms with E-state index in [1.54, 1.807) is 7.11 Å². The third-order valence-electron chi connectivity index (χ3n) is 2.66. The molecule has 0 aromatic rings. The molecule has 0 bridgehead atoms. The molecule has 0 fully saturated rings. The van der Waals surface area contributed by atoms with Gasteiger partial charge in [-0.2, -0.15) is 0 Å². The van der Waals surface area contributed by atoms with E-state index < -0.39 is 0 Å². The Morgan fingerprint density at radius 2 is 2.07 bits per heavy atom. The summed E-state index contributed by atoms with van der Waals surface area (Å²) in [5.41, 5.74) is 0. The molecule has 0 aliphatic heterocycles. The molecule has 0 amide bonds. The van der Waals surface area contributed by atoms with Gasteiger partial charge in [-0.15, -0.1) is 6.58 Å². The van der Waals surface area contributed by atoms with Crippen LogP contribution in [0.15, 0.2) is 12.7 Å². The quantitative estimate of drug-likeness (QED) is 0.595. The highest BCUT2D eigenvalue weighted by Gasteiger charge is 2.22. The van der Waals surface area contributed by atoms with Crippen LogP contribution in [0.4, 0.5) is 0 Å². The zero-order chi connectivity index (χ0) is 11.7. The van der Waals surface area contributed by atoms with Crippen LogP contribution in [-0.4, -0.2) is 25.8 Å². The van der Waals surface area contributed by atoms with Gasteiger partial charge in [-0.3, -0.25) is 0 Å². The van der Waals surface area contributed by atoms with E-state index in [2.05, 4.69) is 32.7 Å². The summed E-state index contributed by atoms with van der Waals surface area (Å²) < 4.78 is 5.57. The minimum Gasteiger partial charge on any atom is -0.380 e. The second-order valence-corrected chi connectivity index (χ2v) is 4.37. The van der Waals surface area contributed by atoms with Gasteiger partial charge >= 0.3 is 0 Å². The summed E-state index contributed by atoms with van der Waals surface area (Å²) in [4.78, 5) is 0. The molecule has 0 saturated heterocycles. The van der Waals surface area contributed by atoms with Gasteiger partial charge in [0.1, 0.15) is 0 Å². The Balaban J connectivity index is 4.21. The molecule has 0 heterocycles. The summed E-state index contributed by atoms with van der Waals surface area (Å²) in [5, 5.41) is 3.56. The Bertz CT molecular complexity index is 157. The fourth-order valence-electron chi connectivity index (χ4n) is 1.91. The van der Waals surface area contributed by atoms with Crippen molar-refractivity contribution >= 4 is 0 Å². The first kappa shape index (κ1) is 14.7. The molecule has 0 radical (unpaired) electrons. The largest absolute Gasteiger partial charge is 0.380 e. The van der Waals surface area contributed by atoms with Crippen LogP contribution in [0, 0.1) is 5.92 Å². The lowest BCUT2D eigenvalue weighted by atomic mass is 9.95. The fourth-order valence-corrected chi connectivity index (χ4v) is 1.91.